The Morgan fingerprint density at radius 1 is 1.26 bits per heavy atom. The van der Waals surface area contributed by atoms with E-state index in [2.05, 4.69) is 46.4 Å². The molecule has 102 valence electrons. The molecule has 1 aliphatic carbocycles. The molecule has 0 radical (unpaired) electrons. The Labute approximate surface area is 132 Å². The van der Waals surface area contributed by atoms with Gasteiger partial charge in [0, 0.05) is 9.17 Å². The van der Waals surface area contributed by atoms with Crippen molar-refractivity contribution >= 4 is 49.0 Å². The lowest BCUT2D eigenvalue weighted by Gasteiger charge is -2.37. The van der Waals surface area contributed by atoms with Crippen molar-refractivity contribution in [3.63, 3.8) is 0 Å². The number of benzene rings is 1. The largest absolute Gasteiger partial charge is 0.142 e. The molecule has 1 saturated carbocycles. The SMILES string of the molecule is CC1(C(Cl)c2csc3c(Br)cccc23)CCCCC1. The summed E-state index contributed by atoms with van der Waals surface area (Å²) in [5.74, 6) is 0. The zero-order valence-electron chi connectivity index (χ0n) is 11.1. The van der Waals surface area contributed by atoms with Gasteiger partial charge in [0.25, 0.3) is 0 Å². The Hall–Kier alpha value is -0.0500. The van der Waals surface area contributed by atoms with Gasteiger partial charge in [0.15, 0.2) is 0 Å². The highest BCUT2D eigenvalue weighted by Crippen LogP contribution is 2.51. The molecule has 0 amide bonds. The molecule has 0 bridgehead atoms. The molecular formula is C16H18BrClS. The van der Waals surface area contributed by atoms with Crippen molar-refractivity contribution in [2.24, 2.45) is 5.41 Å². The zero-order chi connectivity index (χ0) is 13.5. The van der Waals surface area contributed by atoms with Crippen molar-refractivity contribution in [1.29, 1.82) is 0 Å². The van der Waals surface area contributed by atoms with Crippen LogP contribution in [0.2, 0.25) is 0 Å². The number of alkyl halides is 1. The van der Waals surface area contributed by atoms with Gasteiger partial charge in [-0.3, -0.25) is 0 Å². The molecule has 3 heteroatoms. The molecule has 1 aliphatic rings. The molecule has 3 rings (SSSR count). The van der Waals surface area contributed by atoms with E-state index in [4.69, 9.17) is 11.6 Å². The van der Waals surface area contributed by atoms with Crippen LogP contribution in [-0.4, -0.2) is 0 Å². The van der Waals surface area contributed by atoms with Crippen LogP contribution in [0.3, 0.4) is 0 Å². The first kappa shape index (κ1) is 13.9. The van der Waals surface area contributed by atoms with E-state index in [1.807, 2.05) is 0 Å². The Balaban J connectivity index is 2.02. The third-order valence-corrected chi connectivity index (χ3v) is 7.19. The van der Waals surface area contributed by atoms with E-state index >= 15 is 0 Å². The molecule has 1 unspecified atom stereocenters. The van der Waals surface area contributed by atoms with Crippen molar-refractivity contribution in [2.45, 2.75) is 44.4 Å². The van der Waals surface area contributed by atoms with Gasteiger partial charge in [0.05, 0.1) is 5.38 Å². The molecule has 0 aliphatic heterocycles. The van der Waals surface area contributed by atoms with E-state index in [1.165, 1.54) is 52.2 Å². The standard InChI is InChI=1S/C16H18BrClS/c1-16(8-3-2-4-9-16)15(18)12-10-19-14-11(12)6-5-7-13(14)17/h5-7,10,15H,2-4,8-9H2,1H3. The maximum atomic E-state index is 6.89. The highest BCUT2D eigenvalue weighted by molar-refractivity contribution is 9.10. The number of thiophene rings is 1. The van der Waals surface area contributed by atoms with E-state index in [1.54, 1.807) is 11.3 Å². The minimum Gasteiger partial charge on any atom is -0.142 e. The first-order valence-corrected chi connectivity index (χ1v) is 9.02. The predicted octanol–water partition coefficient (Wildman–Crippen LogP) is 6.91. The van der Waals surface area contributed by atoms with E-state index in [9.17, 15) is 0 Å². The topological polar surface area (TPSA) is 0 Å². The summed E-state index contributed by atoms with van der Waals surface area (Å²) in [6.45, 7) is 2.37. The monoisotopic (exact) mass is 356 g/mol. The number of hydrogen-bond acceptors (Lipinski definition) is 1. The van der Waals surface area contributed by atoms with E-state index < -0.39 is 0 Å². The summed E-state index contributed by atoms with van der Waals surface area (Å²) < 4.78 is 2.50. The van der Waals surface area contributed by atoms with Gasteiger partial charge in [0.2, 0.25) is 0 Å². The van der Waals surface area contributed by atoms with Crippen molar-refractivity contribution in [3.05, 3.63) is 33.6 Å². The van der Waals surface area contributed by atoms with Crippen LogP contribution in [0.15, 0.2) is 28.1 Å². The fourth-order valence-electron chi connectivity index (χ4n) is 3.23. The van der Waals surface area contributed by atoms with Gasteiger partial charge in [0.1, 0.15) is 0 Å². The first-order valence-electron chi connectivity index (χ1n) is 6.91. The van der Waals surface area contributed by atoms with Crippen molar-refractivity contribution in [3.8, 4) is 0 Å². The summed E-state index contributed by atoms with van der Waals surface area (Å²) in [7, 11) is 0. The quantitative estimate of drug-likeness (QED) is 0.512. The molecule has 0 N–H and O–H groups in total. The lowest BCUT2D eigenvalue weighted by molar-refractivity contribution is 0.207. The van der Waals surface area contributed by atoms with Crippen LogP contribution in [0.4, 0.5) is 0 Å². The Morgan fingerprint density at radius 3 is 2.74 bits per heavy atom. The third kappa shape index (κ3) is 2.48. The van der Waals surface area contributed by atoms with E-state index in [0.717, 1.165) is 0 Å². The Morgan fingerprint density at radius 2 is 2.00 bits per heavy atom. The average molecular weight is 358 g/mol. The molecule has 0 spiro atoms. The summed E-state index contributed by atoms with van der Waals surface area (Å²) in [6.07, 6.45) is 6.53. The van der Waals surface area contributed by atoms with Crippen molar-refractivity contribution < 1.29 is 0 Å². The van der Waals surface area contributed by atoms with Crippen LogP contribution >= 0.6 is 38.9 Å². The number of hydrogen-bond donors (Lipinski definition) is 0. The van der Waals surface area contributed by atoms with Crippen LogP contribution in [0.5, 0.6) is 0 Å². The summed E-state index contributed by atoms with van der Waals surface area (Å²) in [5.41, 5.74) is 1.59. The van der Waals surface area contributed by atoms with Gasteiger partial charge in [-0.05, 0) is 56.6 Å². The number of halogens is 2. The smallest absolute Gasteiger partial charge is 0.0653 e. The lowest BCUT2D eigenvalue weighted by atomic mass is 9.71. The second-order valence-corrected chi connectivity index (χ2v) is 8.06. The molecule has 19 heavy (non-hydrogen) atoms. The molecule has 1 fully saturated rings. The van der Waals surface area contributed by atoms with E-state index in [0.29, 0.717) is 0 Å². The second-order valence-electron chi connectivity index (χ2n) is 5.88. The fourth-order valence-corrected chi connectivity index (χ4v) is 5.35. The van der Waals surface area contributed by atoms with Gasteiger partial charge >= 0.3 is 0 Å². The van der Waals surface area contributed by atoms with Crippen LogP contribution in [0.1, 0.15) is 50.0 Å². The Kier molecular flexibility index (Phi) is 3.94. The molecule has 1 aromatic carbocycles. The normalized spacial score (nSPS) is 20.6. The van der Waals surface area contributed by atoms with Crippen molar-refractivity contribution in [2.75, 3.05) is 0 Å². The highest BCUT2D eigenvalue weighted by Gasteiger charge is 2.36. The maximum Gasteiger partial charge on any atom is 0.0653 e. The lowest BCUT2D eigenvalue weighted by Crippen LogP contribution is -2.25. The molecule has 0 saturated heterocycles. The minimum absolute atomic E-state index is 0.135. The van der Waals surface area contributed by atoms with Crippen LogP contribution in [0.25, 0.3) is 10.1 Å². The third-order valence-electron chi connectivity index (χ3n) is 4.46. The van der Waals surface area contributed by atoms with Gasteiger partial charge in [-0.2, -0.15) is 0 Å². The summed E-state index contributed by atoms with van der Waals surface area (Å²) in [4.78, 5) is 0. The van der Waals surface area contributed by atoms with Gasteiger partial charge in [-0.25, -0.2) is 0 Å². The zero-order valence-corrected chi connectivity index (χ0v) is 14.2. The number of fused-ring (bicyclic) bond motifs is 1. The molecule has 1 atom stereocenters. The molecule has 1 heterocycles. The van der Waals surface area contributed by atoms with Crippen LogP contribution < -0.4 is 0 Å². The molecule has 1 aromatic heterocycles. The Bertz CT molecular complexity index is 583. The van der Waals surface area contributed by atoms with Gasteiger partial charge in [-0.15, -0.1) is 22.9 Å². The van der Waals surface area contributed by atoms with Crippen molar-refractivity contribution in [1.82, 2.24) is 0 Å². The maximum absolute atomic E-state index is 6.89. The van der Waals surface area contributed by atoms with E-state index in [-0.39, 0.29) is 10.8 Å². The van der Waals surface area contributed by atoms with Crippen LogP contribution in [-0.2, 0) is 0 Å². The fraction of sp³-hybridized carbons (Fsp3) is 0.500. The highest BCUT2D eigenvalue weighted by atomic mass is 79.9. The second kappa shape index (κ2) is 5.38. The van der Waals surface area contributed by atoms with Crippen LogP contribution in [0, 0.1) is 5.41 Å². The summed E-state index contributed by atoms with van der Waals surface area (Å²) >= 11 is 12.3. The first-order chi connectivity index (χ1) is 9.12. The van der Waals surface area contributed by atoms with Gasteiger partial charge < -0.3 is 0 Å². The summed E-state index contributed by atoms with van der Waals surface area (Å²) in [5, 5.41) is 3.72. The minimum atomic E-state index is 0.135. The molecule has 2 aromatic rings. The van der Waals surface area contributed by atoms with Gasteiger partial charge in [-0.1, -0.05) is 38.3 Å². The predicted molar refractivity (Wildman–Crippen MR) is 89.3 cm³/mol. The summed E-state index contributed by atoms with van der Waals surface area (Å²) in [6, 6.07) is 6.41. The average Bonchev–Trinajstić information content (AvgIpc) is 2.84. The number of rotatable bonds is 2. The molecule has 0 nitrogen and oxygen atoms in total. The molecular weight excluding hydrogens is 340 g/mol.